The van der Waals surface area contributed by atoms with Gasteiger partial charge in [-0.2, -0.15) is 0 Å². The van der Waals surface area contributed by atoms with Crippen molar-refractivity contribution < 1.29 is 9.47 Å². The van der Waals surface area contributed by atoms with E-state index in [9.17, 15) is 0 Å². The second-order valence-electron chi connectivity index (χ2n) is 5.56. The molecule has 0 atom stereocenters. The van der Waals surface area contributed by atoms with Gasteiger partial charge in [-0.3, -0.25) is 0 Å². The SMILES string of the molecule is c1nc(N2CCCCC2)ncc1COC1CCOCC1. The van der Waals surface area contributed by atoms with Gasteiger partial charge in [-0.05, 0) is 32.1 Å². The first-order valence-electron chi connectivity index (χ1n) is 7.67. The maximum atomic E-state index is 5.88. The zero-order valence-electron chi connectivity index (χ0n) is 12.0. The third kappa shape index (κ3) is 3.67. The van der Waals surface area contributed by atoms with Gasteiger partial charge < -0.3 is 14.4 Å². The third-order valence-electron chi connectivity index (χ3n) is 3.98. The Balaban J connectivity index is 1.50. The maximum Gasteiger partial charge on any atom is 0.225 e. The highest BCUT2D eigenvalue weighted by atomic mass is 16.5. The van der Waals surface area contributed by atoms with Crippen LogP contribution >= 0.6 is 0 Å². The first kappa shape index (κ1) is 13.8. The van der Waals surface area contributed by atoms with E-state index in [2.05, 4.69) is 14.9 Å². The number of ether oxygens (including phenoxy) is 2. The van der Waals surface area contributed by atoms with Crippen LogP contribution in [0.5, 0.6) is 0 Å². The molecule has 3 heterocycles. The van der Waals surface area contributed by atoms with Crippen molar-refractivity contribution in [1.82, 2.24) is 9.97 Å². The Bertz CT molecular complexity index is 398. The highest BCUT2D eigenvalue weighted by Crippen LogP contribution is 2.16. The molecule has 20 heavy (non-hydrogen) atoms. The minimum absolute atomic E-state index is 0.325. The molecule has 2 aliphatic heterocycles. The molecule has 0 saturated carbocycles. The lowest BCUT2D eigenvalue weighted by molar-refractivity contribution is -0.0391. The van der Waals surface area contributed by atoms with Crippen molar-refractivity contribution in [3.63, 3.8) is 0 Å². The van der Waals surface area contributed by atoms with Crippen LogP contribution < -0.4 is 4.90 Å². The van der Waals surface area contributed by atoms with Crippen LogP contribution in [0.25, 0.3) is 0 Å². The molecule has 2 aliphatic rings. The Labute approximate surface area is 120 Å². The van der Waals surface area contributed by atoms with Crippen LogP contribution in [-0.4, -0.2) is 42.4 Å². The summed E-state index contributed by atoms with van der Waals surface area (Å²) < 4.78 is 11.2. The molecule has 0 amide bonds. The number of hydrogen-bond acceptors (Lipinski definition) is 5. The second-order valence-corrected chi connectivity index (χ2v) is 5.56. The van der Waals surface area contributed by atoms with E-state index in [0.717, 1.165) is 50.7 Å². The number of rotatable bonds is 4. The lowest BCUT2D eigenvalue weighted by Gasteiger charge is -2.26. The van der Waals surface area contributed by atoms with Gasteiger partial charge in [0.1, 0.15) is 0 Å². The van der Waals surface area contributed by atoms with Crippen LogP contribution in [0.2, 0.25) is 0 Å². The maximum absolute atomic E-state index is 5.88. The average Bonchev–Trinajstić information content (AvgIpc) is 2.55. The van der Waals surface area contributed by atoms with Gasteiger partial charge in [0.05, 0.1) is 12.7 Å². The molecule has 0 bridgehead atoms. The molecule has 0 unspecified atom stereocenters. The van der Waals surface area contributed by atoms with Crippen LogP contribution in [0.3, 0.4) is 0 Å². The largest absolute Gasteiger partial charge is 0.381 e. The van der Waals surface area contributed by atoms with E-state index in [1.54, 1.807) is 0 Å². The fraction of sp³-hybridized carbons (Fsp3) is 0.733. The van der Waals surface area contributed by atoms with Crippen molar-refractivity contribution in [1.29, 1.82) is 0 Å². The van der Waals surface area contributed by atoms with Gasteiger partial charge in [-0.15, -0.1) is 0 Å². The average molecular weight is 277 g/mol. The van der Waals surface area contributed by atoms with E-state index in [-0.39, 0.29) is 0 Å². The molecule has 0 radical (unpaired) electrons. The van der Waals surface area contributed by atoms with Gasteiger partial charge >= 0.3 is 0 Å². The number of anilines is 1. The minimum atomic E-state index is 0.325. The molecule has 5 heteroatoms. The van der Waals surface area contributed by atoms with Crippen molar-refractivity contribution in [2.75, 3.05) is 31.2 Å². The van der Waals surface area contributed by atoms with Gasteiger partial charge in [0.25, 0.3) is 0 Å². The third-order valence-corrected chi connectivity index (χ3v) is 3.98. The Morgan fingerprint density at radius 3 is 2.50 bits per heavy atom. The van der Waals surface area contributed by atoms with Crippen LogP contribution in [-0.2, 0) is 16.1 Å². The highest BCUT2D eigenvalue weighted by molar-refractivity contribution is 5.30. The molecule has 0 spiro atoms. The van der Waals surface area contributed by atoms with Gasteiger partial charge in [-0.25, -0.2) is 9.97 Å². The summed E-state index contributed by atoms with van der Waals surface area (Å²) in [7, 11) is 0. The molecule has 1 aromatic heterocycles. The van der Waals surface area contributed by atoms with E-state index >= 15 is 0 Å². The van der Waals surface area contributed by atoms with Crippen molar-refractivity contribution in [2.45, 2.75) is 44.8 Å². The lowest BCUT2D eigenvalue weighted by atomic mass is 10.1. The molecule has 0 aliphatic carbocycles. The molecule has 0 aromatic carbocycles. The fourth-order valence-electron chi connectivity index (χ4n) is 2.74. The summed E-state index contributed by atoms with van der Waals surface area (Å²) in [5.41, 5.74) is 1.05. The topological polar surface area (TPSA) is 47.5 Å². The number of hydrogen-bond donors (Lipinski definition) is 0. The summed E-state index contributed by atoms with van der Waals surface area (Å²) in [6.07, 6.45) is 9.93. The monoisotopic (exact) mass is 277 g/mol. The van der Waals surface area contributed by atoms with Gasteiger partial charge in [0.2, 0.25) is 5.95 Å². The van der Waals surface area contributed by atoms with Crippen LogP contribution in [0.4, 0.5) is 5.95 Å². The molecule has 0 N–H and O–H groups in total. The number of nitrogens with zero attached hydrogens (tertiary/aromatic N) is 3. The predicted molar refractivity (Wildman–Crippen MR) is 76.7 cm³/mol. The smallest absolute Gasteiger partial charge is 0.225 e. The van der Waals surface area contributed by atoms with Crippen molar-refractivity contribution >= 4 is 5.95 Å². The van der Waals surface area contributed by atoms with Crippen molar-refractivity contribution in [3.8, 4) is 0 Å². The first-order chi connectivity index (χ1) is 9.92. The quantitative estimate of drug-likeness (QED) is 0.844. The van der Waals surface area contributed by atoms with E-state index in [1.165, 1.54) is 19.3 Å². The normalized spacial score (nSPS) is 21.1. The van der Waals surface area contributed by atoms with E-state index in [4.69, 9.17) is 9.47 Å². The van der Waals surface area contributed by atoms with Crippen LogP contribution in [0.15, 0.2) is 12.4 Å². The van der Waals surface area contributed by atoms with Crippen molar-refractivity contribution in [3.05, 3.63) is 18.0 Å². The second kappa shape index (κ2) is 6.99. The molecule has 3 rings (SSSR count). The summed E-state index contributed by atoms with van der Waals surface area (Å²) in [6, 6.07) is 0. The lowest BCUT2D eigenvalue weighted by Crippen LogP contribution is -2.31. The van der Waals surface area contributed by atoms with E-state index in [1.807, 2.05) is 12.4 Å². The van der Waals surface area contributed by atoms with Crippen LogP contribution in [0, 0.1) is 0 Å². The predicted octanol–water partition coefficient (Wildman–Crippen LogP) is 2.16. The molecular formula is C15H23N3O2. The Morgan fingerprint density at radius 2 is 1.80 bits per heavy atom. The molecule has 110 valence electrons. The van der Waals surface area contributed by atoms with Crippen molar-refractivity contribution in [2.24, 2.45) is 0 Å². The molecule has 1 aromatic rings. The molecule has 2 saturated heterocycles. The fourth-order valence-corrected chi connectivity index (χ4v) is 2.74. The van der Waals surface area contributed by atoms with E-state index in [0.29, 0.717) is 12.7 Å². The minimum Gasteiger partial charge on any atom is -0.381 e. The summed E-state index contributed by atoms with van der Waals surface area (Å²) in [5.74, 6) is 0.861. The summed E-state index contributed by atoms with van der Waals surface area (Å²) >= 11 is 0. The number of aromatic nitrogens is 2. The van der Waals surface area contributed by atoms with Gasteiger partial charge in [0.15, 0.2) is 0 Å². The summed E-state index contributed by atoms with van der Waals surface area (Å²) in [4.78, 5) is 11.2. The zero-order chi connectivity index (χ0) is 13.6. The first-order valence-corrected chi connectivity index (χ1v) is 7.67. The van der Waals surface area contributed by atoms with Crippen LogP contribution in [0.1, 0.15) is 37.7 Å². The Kier molecular flexibility index (Phi) is 4.82. The van der Waals surface area contributed by atoms with Gasteiger partial charge in [-0.1, -0.05) is 0 Å². The zero-order valence-corrected chi connectivity index (χ0v) is 12.0. The van der Waals surface area contributed by atoms with Gasteiger partial charge in [0, 0.05) is 44.3 Å². The Hall–Kier alpha value is -1.20. The van der Waals surface area contributed by atoms with E-state index < -0.39 is 0 Å². The summed E-state index contributed by atoms with van der Waals surface area (Å²) in [5, 5.41) is 0. The molecular weight excluding hydrogens is 254 g/mol. The standard InChI is InChI=1S/C15H23N3O2/c1-2-6-18(7-3-1)15-16-10-13(11-17-15)12-20-14-4-8-19-9-5-14/h10-11,14H,1-9,12H2. The summed E-state index contributed by atoms with van der Waals surface area (Å²) in [6.45, 7) is 4.39. The molecule has 5 nitrogen and oxygen atoms in total. The Morgan fingerprint density at radius 1 is 1.10 bits per heavy atom. The molecule has 2 fully saturated rings. The number of piperidine rings is 1. The highest BCUT2D eigenvalue weighted by Gasteiger charge is 2.15.